The van der Waals surface area contributed by atoms with Crippen LogP contribution < -0.4 is 20.3 Å². The minimum absolute atomic E-state index is 0.0705. The van der Waals surface area contributed by atoms with Crippen LogP contribution in [0.2, 0.25) is 0 Å². The number of hydrazine groups is 1. The van der Waals surface area contributed by atoms with E-state index in [9.17, 15) is 22.4 Å². The maximum absolute atomic E-state index is 12.9. The third-order valence-electron chi connectivity index (χ3n) is 3.59. The van der Waals surface area contributed by atoms with Gasteiger partial charge in [0.25, 0.3) is 5.91 Å². The number of hydrogen-bond acceptors (Lipinski definition) is 5. The standard InChI is InChI=1S/C18H19BrFN3O5S/c1-12(28-15-6-4-14(20)5-7-15)18(25)23-22-17(24)10-11-21-29(26,27)16-8-2-13(19)3-9-16/h2-9,12,21H,10-11H2,1H3,(H,22,24)(H,23,25). The molecule has 0 spiro atoms. The van der Waals surface area contributed by atoms with E-state index >= 15 is 0 Å². The average molecular weight is 488 g/mol. The number of amides is 2. The molecule has 0 radical (unpaired) electrons. The molecule has 0 aliphatic rings. The third kappa shape index (κ3) is 7.44. The topological polar surface area (TPSA) is 114 Å². The largest absolute Gasteiger partial charge is 0.481 e. The van der Waals surface area contributed by atoms with Gasteiger partial charge in [0.05, 0.1) is 4.90 Å². The number of halogens is 2. The fourth-order valence-corrected chi connectivity index (χ4v) is 3.36. The summed E-state index contributed by atoms with van der Waals surface area (Å²) in [6, 6.07) is 11.2. The lowest BCUT2D eigenvalue weighted by Gasteiger charge is -2.15. The van der Waals surface area contributed by atoms with Crippen molar-refractivity contribution in [2.24, 2.45) is 0 Å². The molecule has 2 aromatic carbocycles. The first kappa shape index (κ1) is 22.8. The Morgan fingerprint density at radius 2 is 1.69 bits per heavy atom. The van der Waals surface area contributed by atoms with E-state index in [2.05, 4.69) is 31.5 Å². The first-order chi connectivity index (χ1) is 13.7. The first-order valence-corrected chi connectivity index (χ1v) is 10.7. The summed E-state index contributed by atoms with van der Waals surface area (Å²) in [5.41, 5.74) is 4.35. The highest BCUT2D eigenvalue weighted by atomic mass is 79.9. The van der Waals surface area contributed by atoms with Crippen LogP contribution >= 0.6 is 15.9 Å². The average Bonchev–Trinajstić information content (AvgIpc) is 2.68. The van der Waals surface area contributed by atoms with Crippen molar-refractivity contribution in [2.45, 2.75) is 24.3 Å². The van der Waals surface area contributed by atoms with Crippen LogP contribution in [0.5, 0.6) is 5.75 Å². The Labute approximate surface area is 176 Å². The highest BCUT2D eigenvalue weighted by Crippen LogP contribution is 2.14. The van der Waals surface area contributed by atoms with Gasteiger partial charge in [-0.05, 0) is 55.5 Å². The molecular formula is C18H19BrFN3O5S. The molecule has 1 atom stereocenters. The van der Waals surface area contributed by atoms with Crippen molar-refractivity contribution in [3.05, 3.63) is 58.8 Å². The van der Waals surface area contributed by atoms with E-state index in [0.717, 1.165) is 4.47 Å². The molecule has 2 rings (SSSR count). The summed E-state index contributed by atoms with van der Waals surface area (Å²) in [6.07, 6.45) is -1.14. The van der Waals surface area contributed by atoms with Gasteiger partial charge >= 0.3 is 0 Å². The van der Waals surface area contributed by atoms with Gasteiger partial charge < -0.3 is 4.74 Å². The second-order valence-corrected chi connectivity index (χ2v) is 8.54. The zero-order valence-electron chi connectivity index (χ0n) is 15.3. The molecule has 2 aromatic rings. The maximum Gasteiger partial charge on any atom is 0.279 e. The summed E-state index contributed by atoms with van der Waals surface area (Å²) in [5.74, 6) is -1.36. The van der Waals surface area contributed by atoms with Crippen molar-refractivity contribution in [2.75, 3.05) is 6.54 Å². The van der Waals surface area contributed by atoms with Crippen LogP contribution in [0.4, 0.5) is 4.39 Å². The molecule has 3 N–H and O–H groups in total. The monoisotopic (exact) mass is 487 g/mol. The van der Waals surface area contributed by atoms with E-state index in [0.29, 0.717) is 5.75 Å². The molecule has 2 amide bonds. The van der Waals surface area contributed by atoms with E-state index in [1.807, 2.05) is 0 Å². The van der Waals surface area contributed by atoms with Crippen molar-refractivity contribution < 1.29 is 27.1 Å². The molecule has 8 nitrogen and oxygen atoms in total. The Balaban J connectivity index is 1.72. The molecule has 0 saturated carbocycles. The fraction of sp³-hybridized carbons (Fsp3) is 0.222. The smallest absolute Gasteiger partial charge is 0.279 e. The molecule has 11 heteroatoms. The van der Waals surface area contributed by atoms with Crippen LogP contribution in [0, 0.1) is 5.82 Å². The Kier molecular flexibility index (Phi) is 8.11. The molecule has 0 aromatic heterocycles. The Bertz CT molecular complexity index is 952. The van der Waals surface area contributed by atoms with Gasteiger partial charge in [0, 0.05) is 17.4 Å². The molecule has 0 aliphatic carbocycles. The predicted molar refractivity (Wildman–Crippen MR) is 107 cm³/mol. The number of carbonyl (C=O) groups is 2. The Hall–Kier alpha value is -2.50. The Morgan fingerprint density at radius 3 is 2.31 bits per heavy atom. The van der Waals surface area contributed by atoms with Crippen LogP contribution in [0.15, 0.2) is 57.9 Å². The van der Waals surface area contributed by atoms with Gasteiger partial charge in [-0.3, -0.25) is 20.4 Å². The number of ether oxygens (including phenoxy) is 1. The minimum Gasteiger partial charge on any atom is -0.481 e. The molecular weight excluding hydrogens is 469 g/mol. The summed E-state index contributed by atoms with van der Waals surface area (Å²) < 4.78 is 45.4. The second kappa shape index (κ2) is 10.3. The summed E-state index contributed by atoms with van der Waals surface area (Å²) in [4.78, 5) is 23.8. The van der Waals surface area contributed by atoms with E-state index in [1.165, 1.54) is 43.3 Å². The highest BCUT2D eigenvalue weighted by Gasteiger charge is 2.17. The van der Waals surface area contributed by atoms with E-state index in [1.54, 1.807) is 12.1 Å². The van der Waals surface area contributed by atoms with Crippen LogP contribution in [0.1, 0.15) is 13.3 Å². The zero-order valence-corrected chi connectivity index (χ0v) is 17.7. The van der Waals surface area contributed by atoms with Crippen molar-refractivity contribution in [3.8, 4) is 5.75 Å². The molecule has 0 fully saturated rings. The summed E-state index contributed by atoms with van der Waals surface area (Å²) in [6.45, 7) is 1.30. The van der Waals surface area contributed by atoms with Crippen molar-refractivity contribution >= 4 is 37.8 Å². The highest BCUT2D eigenvalue weighted by molar-refractivity contribution is 9.10. The van der Waals surface area contributed by atoms with Crippen molar-refractivity contribution in [1.82, 2.24) is 15.6 Å². The number of sulfonamides is 1. The van der Waals surface area contributed by atoms with Gasteiger partial charge in [-0.1, -0.05) is 15.9 Å². The molecule has 1 unspecified atom stereocenters. The first-order valence-electron chi connectivity index (χ1n) is 8.43. The molecule has 0 bridgehead atoms. The van der Waals surface area contributed by atoms with E-state index in [4.69, 9.17) is 4.74 Å². The Morgan fingerprint density at radius 1 is 1.07 bits per heavy atom. The van der Waals surface area contributed by atoms with Gasteiger partial charge in [-0.15, -0.1) is 0 Å². The summed E-state index contributed by atoms with van der Waals surface area (Å²) in [5, 5.41) is 0. The number of hydrogen-bond donors (Lipinski definition) is 3. The predicted octanol–water partition coefficient (Wildman–Crippen LogP) is 1.87. The minimum atomic E-state index is -3.74. The molecule has 156 valence electrons. The van der Waals surface area contributed by atoms with Gasteiger partial charge in [0.1, 0.15) is 11.6 Å². The molecule has 0 saturated heterocycles. The lowest BCUT2D eigenvalue weighted by molar-refractivity contribution is -0.132. The number of nitrogens with one attached hydrogen (secondary N) is 3. The van der Waals surface area contributed by atoms with E-state index in [-0.39, 0.29) is 17.9 Å². The van der Waals surface area contributed by atoms with Gasteiger partial charge in [-0.2, -0.15) is 0 Å². The summed E-state index contributed by atoms with van der Waals surface area (Å²) in [7, 11) is -3.74. The SMILES string of the molecule is CC(Oc1ccc(F)cc1)C(=O)NNC(=O)CCNS(=O)(=O)c1ccc(Br)cc1. The van der Waals surface area contributed by atoms with Crippen molar-refractivity contribution in [1.29, 1.82) is 0 Å². The van der Waals surface area contributed by atoms with Crippen LogP contribution in [-0.2, 0) is 19.6 Å². The van der Waals surface area contributed by atoms with Gasteiger partial charge in [0.15, 0.2) is 6.10 Å². The molecule has 0 aliphatic heterocycles. The fourth-order valence-electron chi connectivity index (χ4n) is 2.06. The quantitative estimate of drug-likeness (QED) is 0.491. The number of rotatable bonds is 8. The van der Waals surface area contributed by atoms with E-state index < -0.39 is 33.8 Å². The maximum atomic E-state index is 12.9. The van der Waals surface area contributed by atoms with Crippen LogP contribution in [0.25, 0.3) is 0 Å². The van der Waals surface area contributed by atoms with Crippen LogP contribution in [-0.4, -0.2) is 32.9 Å². The lowest BCUT2D eigenvalue weighted by Crippen LogP contribution is -2.47. The van der Waals surface area contributed by atoms with Gasteiger partial charge in [0.2, 0.25) is 15.9 Å². The lowest BCUT2D eigenvalue weighted by atomic mass is 10.3. The van der Waals surface area contributed by atoms with Crippen molar-refractivity contribution in [3.63, 3.8) is 0 Å². The summed E-state index contributed by atoms with van der Waals surface area (Å²) >= 11 is 3.22. The zero-order chi connectivity index (χ0) is 21.4. The number of benzene rings is 2. The second-order valence-electron chi connectivity index (χ2n) is 5.85. The molecule has 0 heterocycles. The van der Waals surface area contributed by atoms with Crippen LogP contribution in [0.3, 0.4) is 0 Å². The van der Waals surface area contributed by atoms with Gasteiger partial charge in [-0.25, -0.2) is 17.5 Å². The molecule has 29 heavy (non-hydrogen) atoms. The third-order valence-corrected chi connectivity index (χ3v) is 5.59. The normalized spacial score (nSPS) is 12.1. The number of carbonyl (C=O) groups excluding carboxylic acids is 2.